The quantitative estimate of drug-likeness (QED) is 0.0140. The third kappa shape index (κ3) is 27.0. The number of oxazole rings is 1. The summed E-state index contributed by atoms with van der Waals surface area (Å²) in [6, 6.07) is 42.6. The molecule has 13 heterocycles. The maximum Gasteiger partial charge on any atom is 0.395 e. The fourth-order valence-corrected chi connectivity index (χ4v) is 18.0. The van der Waals surface area contributed by atoms with Crippen molar-refractivity contribution in [2.75, 3.05) is 98.5 Å². The van der Waals surface area contributed by atoms with Crippen molar-refractivity contribution in [1.82, 2.24) is 85.6 Å². The van der Waals surface area contributed by atoms with Crippen LogP contribution in [0.1, 0.15) is 127 Å². The highest BCUT2D eigenvalue weighted by molar-refractivity contribution is 8.00. The highest BCUT2D eigenvalue weighted by atomic mass is 32.2. The number of nitrogens with one attached hydrogen (secondary N) is 9. The summed E-state index contributed by atoms with van der Waals surface area (Å²) in [6.07, 6.45) is -5.99. The number of aromatic amines is 4. The molecule has 32 nitrogen and oxygen atoms in total. The second kappa shape index (κ2) is 41.1. The third-order valence-electron chi connectivity index (χ3n) is 22.1. The van der Waals surface area contributed by atoms with Crippen LogP contribution >= 0.6 is 47.0 Å². The maximum atomic E-state index is 15.0. The van der Waals surface area contributed by atoms with E-state index in [9.17, 15) is 64.0 Å². The standard InChI is InChI=1S/C25H26F2N6OS.C23H22F3N7OS.C22H22F4N6OS.C22H22N8O2S.9H2/c1-14-8-22(32-31-14)28-21-11-23(33-12-25(27,13-33)17-5-6-17)30-24(29-21)35-20-7-2-15(9-18(20)26)10-19(34)16-3-4-16;1-14-7-19(32-31-14)28-18-9-20(33-12-22(2,11-27)13-33)30-21(29-18)35-17-5-3-15(4-6-17)8-16(34)10-23(24,25)26;1-13-7-18(31-30-13)27-17-9-19(32-11-21(2,23)12-32)29-20(28-17)34-16-5-3-14(4-6-16)8-15(33)10-22(24,25)26;1-13-10-18(29-28-13)25-17-11-19(30-8-3-9-30)27-22(26-17)33-16-6-4-15(5-7-16)24-21(31)20-14(2)23-12-32-20;;;;;;;;;/h2,7-9,11,16-17H,3-6,10,12-13H2,1H3,(H2,28,29,30,31,32);3-7,9H,8,10,12-13H2,1-2H3,(H2,28,29,30,31,32);3-7,9H,8,10-12H2,1-2H3,(H2,27,28,29,30,31);4-7,10-12H,3,8-9H2,1-2H3,(H,24,31)(H2,25,26,27,28,29);9*1H. The SMILES string of the molecule is Cc1cc(Nc2cc(N3CC(C)(C#N)C3)nc(Sc3ccc(CC(=O)CC(F)(F)F)cc3)n2)n[nH]1.Cc1cc(Nc2cc(N3CC(C)(F)C3)nc(Sc3ccc(CC(=O)CC(F)(F)F)cc3)n2)n[nH]1.Cc1cc(Nc2cc(N3CC(F)(C4CC4)C3)nc(Sc3ccc(CC(=O)C4CC4)cc3F)n2)n[nH]1.Cc1cc(Nc2cc(N3CCC3)nc(Sc3ccc(NC(=O)c4ocnc4C)cc3)n2)n[nH]1.[HH].[HH].[HH].[HH].[HH].[HH].[HH].[HH].[HH]. The van der Waals surface area contributed by atoms with E-state index in [0.29, 0.717) is 144 Å². The number of anilines is 13. The van der Waals surface area contributed by atoms with Crippen LogP contribution in [0, 0.1) is 69.0 Å². The van der Waals surface area contributed by atoms with Gasteiger partial charge in [0.05, 0.1) is 48.3 Å². The molecule has 730 valence electrons. The summed E-state index contributed by atoms with van der Waals surface area (Å²) < 4.78 is 123. The summed E-state index contributed by atoms with van der Waals surface area (Å²) in [6.45, 7) is 16.9. The summed E-state index contributed by atoms with van der Waals surface area (Å²) in [4.78, 5) is 99.1. The van der Waals surface area contributed by atoms with Crippen LogP contribution in [-0.4, -0.2) is 185 Å². The summed E-state index contributed by atoms with van der Waals surface area (Å²) in [5.41, 5.74) is 3.66. The van der Waals surface area contributed by atoms with E-state index in [1.807, 2.05) is 104 Å². The molecule has 6 aliphatic rings. The van der Waals surface area contributed by atoms with Crippen molar-refractivity contribution in [1.29, 1.82) is 5.26 Å². The van der Waals surface area contributed by atoms with E-state index < -0.39 is 59.3 Å². The first-order valence-corrected chi connectivity index (χ1v) is 46.8. The van der Waals surface area contributed by atoms with E-state index in [1.54, 1.807) is 85.8 Å². The topological polar surface area (TPSA) is 409 Å². The van der Waals surface area contributed by atoms with Crippen LogP contribution in [0.15, 0.2) is 191 Å². The van der Waals surface area contributed by atoms with Gasteiger partial charge in [0.1, 0.15) is 93.9 Å². The molecule has 4 saturated heterocycles. The van der Waals surface area contributed by atoms with Gasteiger partial charge >= 0.3 is 12.4 Å². The predicted molar refractivity (Wildman–Crippen MR) is 518 cm³/mol. The lowest BCUT2D eigenvalue weighted by molar-refractivity contribution is -0.153. The van der Waals surface area contributed by atoms with Crippen LogP contribution in [0.5, 0.6) is 0 Å². The Morgan fingerprint density at radius 2 is 0.869 bits per heavy atom. The molecule has 6 fully saturated rings. The number of aromatic nitrogens is 17. The van der Waals surface area contributed by atoms with Crippen molar-refractivity contribution in [3.05, 3.63) is 203 Å². The Labute approximate surface area is 809 Å². The number of benzene rings is 4. The van der Waals surface area contributed by atoms with E-state index in [0.717, 1.165) is 100 Å². The van der Waals surface area contributed by atoms with Gasteiger partial charge in [-0.15, -0.1) is 0 Å². The number of hydrogen-bond donors (Lipinski definition) is 9. The van der Waals surface area contributed by atoms with Crippen molar-refractivity contribution in [3.8, 4) is 6.07 Å². The Bertz CT molecular complexity index is 6610. The largest absolute Gasteiger partial charge is 0.438 e. The van der Waals surface area contributed by atoms with Gasteiger partial charge in [-0.05, 0) is 211 Å². The van der Waals surface area contributed by atoms with Crippen molar-refractivity contribution >= 4 is 146 Å². The zero-order chi connectivity index (χ0) is 96.7. The van der Waals surface area contributed by atoms with Crippen molar-refractivity contribution in [2.24, 2.45) is 17.3 Å². The average molecular weight is 1970 g/mol. The number of nitriles is 1. The van der Waals surface area contributed by atoms with Crippen LogP contribution in [0.3, 0.4) is 0 Å². The number of aryl methyl sites for hydroxylation is 5. The van der Waals surface area contributed by atoms with Gasteiger partial charge in [0.25, 0.3) is 5.91 Å². The number of ketones is 3. The van der Waals surface area contributed by atoms with Gasteiger partial charge in [-0.3, -0.25) is 39.6 Å². The molecule has 0 atom stereocenters. The minimum absolute atomic E-state index is 0. The van der Waals surface area contributed by atoms with E-state index in [1.165, 1.54) is 54.7 Å². The van der Waals surface area contributed by atoms with E-state index in [4.69, 9.17) is 9.40 Å². The molecule has 0 radical (unpaired) electrons. The van der Waals surface area contributed by atoms with Crippen LogP contribution < -0.4 is 46.2 Å². The lowest BCUT2D eigenvalue weighted by atomic mass is 9.84. The Morgan fingerprint density at radius 3 is 1.21 bits per heavy atom. The van der Waals surface area contributed by atoms with Crippen molar-refractivity contribution in [3.63, 3.8) is 0 Å². The minimum Gasteiger partial charge on any atom is -0.438 e. The first-order chi connectivity index (χ1) is 65.3. The van der Waals surface area contributed by atoms with Gasteiger partial charge in [0.2, 0.25) is 5.76 Å². The monoisotopic (exact) mass is 1970 g/mol. The minimum atomic E-state index is -4.51. The molecular formula is C92H110F9N27O5S4. The van der Waals surface area contributed by atoms with Gasteiger partial charge in [-0.2, -0.15) is 52.0 Å². The number of H-pyrrole nitrogens is 4. The zero-order valence-electron chi connectivity index (χ0n) is 74.9. The highest BCUT2D eigenvalue weighted by Crippen LogP contribution is 2.49. The fraction of sp³-hybridized carbons (Fsp3) is 0.348. The number of hydrogen-bond acceptors (Lipinski definition) is 31. The molecular weight excluding hydrogens is 1860 g/mol. The van der Waals surface area contributed by atoms with Gasteiger partial charge < -0.3 is 50.6 Å². The van der Waals surface area contributed by atoms with E-state index in [-0.39, 0.29) is 74.5 Å². The molecule has 19 rings (SSSR count). The first-order valence-electron chi connectivity index (χ1n) is 43.5. The predicted octanol–water partition coefficient (Wildman–Crippen LogP) is 21.2. The first kappa shape index (κ1) is 96.5. The van der Waals surface area contributed by atoms with Crippen LogP contribution in [0.25, 0.3) is 0 Å². The van der Waals surface area contributed by atoms with Gasteiger partial charge in [-0.1, -0.05) is 30.3 Å². The average Bonchev–Trinajstić information content (AvgIpc) is 1.59. The smallest absolute Gasteiger partial charge is 0.395 e. The molecule has 4 aliphatic heterocycles. The second-order valence-electron chi connectivity index (χ2n) is 34.8. The lowest BCUT2D eigenvalue weighted by Gasteiger charge is -2.45. The summed E-state index contributed by atoms with van der Waals surface area (Å²) >= 11 is 5.08. The molecule has 0 spiro atoms. The molecule has 9 N–H and O–H groups in total. The summed E-state index contributed by atoms with van der Waals surface area (Å²) in [7, 11) is 0. The Hall–Kier alpha value is -13.6. The number of Topliss-reactive ketones (excluding diaryl/α,β-unsaturated/α-hetero) is 3. The van der Waals surface area contributed by atoms with Crippen LogP contribution in [0.2, 0.25) is 0 Å². The van der Waals surface area contributed by atoms with E-state index in [2.05, 4.69) is 118 Å². The number of carbonyl (C=O) groups is 4. The Balaban J connectivity index is 0.000000258. The molecule has 0 unspecified atom stereocenters. The zero-order valence-corrected chi connectivity index (χ0v) is 78.1. The normalized spacial score (nSPS) is 15.5. The molecule has 2 saturated carbocycles. The molecule has 2 aliphatic carbocycles. The van der Waals surface area contributed by atoms with Crippen molar-refractivity contribution < 1.29 is 75.9 Å². The van der Waals surface area contributed by atoms with Gasteiger partial charge in [0.15, 0.2) is 50.3 Å². The molecule has 137 heavy (non-hydrogen) atoms. The Morgan fingerprint density at radius 1 is 0.482 bits per heavy atom. The third-order valence-corrected chi connectivity index (χ3v) is 25.7. The van der Waals surface area contributed by atoms with Crippen molar-refractivity contribution in [2.45, 2.75) is 177 Å². The molecule has 9 aromatic heterocycles. The molecule has 1 amide bonds. The second-order valence-corrected chi connectivity index (χ2v) is 38.9. The maximum absolute atomic E-state index is 15.0. The number of nitrogens with zero attached hydrogens (tertiary/aromatic N) is 18. The van der Waals surface area contributed by atoms with Crippen LogP contribution in [-0.2, 0) is 33.6 Å². The van der Waals surface area contributed by atoms with E-state index >= 15 is 0 Å². The van der Waals surface area contributed by atoms with Crippen LogP contribution in [0.4, 0.5) is 115 Å². The highest BCUT2D eigenvalue weighted by Gasteiger charge is 2.55. The summed E-state index contributed by atoms with van der Waals surface area (Å²) in [5, 5.41) is 54.8. The molecule has 45 heteroatoms. The molecule has 4 aromatic carbocycles. The fourth-order valence-electron chi connectivity index (χ4n) is 14.9. The number of amides is 1. The lowest BCUT2D eigenvalue weighted by Crippen LogP contribution is -2.60. The molecule has 0 bridgehead atoms. The molecule has 13 aromatic rings. The number of carbonyl (C=O) groups excluding carboxylic acids is 4. The van der Waals surface area contributed by atoms with Gasteiger partial charge in [0, 0.05) is 156 Å². The number of halogens is 9. The van der Waals surface area contributed by atoms with Gasteiger partial charge in [-0.25, -0.2) is 58.0 Å². The number of rotatable bonds is 32. The summed E-state index contributed by atoms with van der Waals surface area (Å²) in [5.74, 6) is 5.57. The number of alkyl halides is 8. The Kier molecular flexibility index (Phi) is 29.0.